The Hall–Kier alpha value is -2.38. The minimum absolute atomic E-state index is 0.483. The molecule has 0 aromatic heterocycles. The van der Waals surface area contributed by atoms with E-state index in [1.807, 2.05) is 0 Å². The van der Waals surface area contributed by atoms with Gasteiger partial charge in [0, 0.05) is 17.9 Å². The van der Waals surface area contributed by atoms with Crippen LogP contribution in [0, 0.1) is 11.8 Å². The molecule has 2 aromatic carbocycles. The lowest BCUT2D eigenvalue weighted by Crippen LogP contribution is -2.36. The van der Waals surface area contributed by atoms with Gasteiger partial charge in [-0.05, 0) is 47.2 Å². The van der Waals surface area contributed by atoms with Crippen LogP contribution in [0.4, 0.5) is 0 Å². The Balaban J connectivity index is 1.64. The number of fused-ring (bicyclic) bond motifs is 2. The third-order valence-corrected chi connectivity index (χ3v) is 6.27. The number of rotatable bonds is 3. The van der Waals surface area contributed by atoms with Gasteiger partial charge >= 0.3 is 0 Å². The summed E-state index contributed by atoms with van der Waals surface area (Å²) in [5.41, 5.74) is 2.95. The summed E-state index contributed by atoms with van der Waals surface area (Å²) < 4.78 is 0. The van der Waals surface area contributed by atoms with Crippen molar-refractivity contribution in [2.24, 2.45) is 11.8 Å². The summed E-state index contributed by atoms with van der Waals surface area (Å²) in [5.74, 6) is 1.47. The standard InChI is InChI=1S/C25H25N/c1-3-12-20-18(8-1)10-5-14-22(20)25(24-16-7-17-26-24)23-15-6-11-19-9-2-4-13-21(19)23/h1-6,8-15,20,22,24-26H,7,16-17H2. The van der Waals surface area contributed by atoms with E-state index in [-0.39, 0.29) is 0 Å². The molecule has 1 heterocycles. The summed E-state index contributed by atoms with van der Waals surface area (Å²) in [6.07, 6.45) is 18.6. The molecule has 0 saturated carbocycles. The van der Waals surface area contributed by atoms with Gasteiger partial charge in [-0.25, -0.2) is 0 Å². The maximum atomic E-state index is 3.82. The molecule has 2 aromatic rings. The van der Waals surface area contributed by atoms with E-state index in [2.05, 4.69) is 90.3 Å². The molecule has 1 saturated heterocycles. The molecule has 1 N–H and O–H groups in total. The van der Waals surface area contributed by atoms with Crippen molar-refractivity contribution < 1.29 is 0 Å². The van der Waals surface area contributed by atoms with Gasteiger partial charge in [0.2, 0.25) is 0 Å². The van der Waals surface area contributed by atoms with Crippen molar-refractivity contribution in [1.29, 1.82) is 0 Å². The molecule has 0 radical (unpaired) electrons. The average Bonchev–Trinajstić information content (AvgIpc) is 3.23. The van der Waals surface area contributed by atoms with Crippen LogP contribution < -0.4 is 5.32 Å². The lowest BCUT2D eigenvalue weighted by molar-refractivity contribution is 0.357. The molecule has 0 amide bonds. The van der Waals surface area contributed by atoms with Gasteiger partial charge in [0.1, 0.15) is 0 Å². The maximum Gasteiger partial charge on any atom is 0.0142 e. The molecule has 3 aliphatic rings. The topological polar surface area (TPSA) is 12.0 Å². The quantitative estimate of drug-likeness (QED) is 0.775. The maximum absolute atomic E-state index is 3.82. The summed E-state index contributed by atoms with van der Waals surface area (Å²) >= 11 is 0. The fourth-order valence-electron chi connectivity index (χ4n) is 5.10. The molecule has 4 unspecified atom stereocenters. The van der Waals surface area contributed by atoms with E-state index >= 15 is 0 Å². The molecule has 1 aliphatic heterocycles. The number of hydrogen-bond acceptors (Lipinski definition) is 1. The first-order valence-corrected chi connectivity index (χ1v) is 9.86. The predicted molar refractivity (Wildman–Crippen MR) is 110 cm³/mol. The molecule has 1 fully saturated rings. The second kappa shape index (κ2) is 6.74. The van der Waals surface area contributed by atoms with Crippen molar-refractivity contribution in [3.63, 3.8) is 0 Å². The van der Waals surface area contributed by atoms with Crippen LogP contribution in [0.1, 0.15) is 24.3 Å². The summed E-state index contributed by atoms with van der Waals surface area (Å²) in [6.45, 7) is 1.14. The van der Waals surface area contributed by atoms with Crippen molar-refractivity contribution in [1.82, 2.24) is 5.32 Å². The van der Waals surface area contributed by atoms with Crippen LogP contribution in [-0.4, -0.2) is 12.6 Å². The third kappa shape index (κ3) is 2.68. The van der Waals surface area contributed by atoms with Crippen LogP contribution >= 0.6 is 0 Å². The normalized spacial score (nSPS) is 28.2. The molecule has 5 rings (SSSR count). The van der Waals surface area contributed by atoms with Gasteiger partial charge in [-0.15, -0.1) is 0 Å². The highest BCUT2D eigenvalue weighted by Crippen LogP contribution is 2.44. The zero-order chi connectivity index (χ0) is 17.3. The van der Waals surface area contributed by atoms with E-state index in [1.54, 1.807) is 0 Å². The minimum Gasteiger partial charge on any atom is -0.313 e. The van der Waals surface area contributed by atoms with Gasteiger partial charge in [0.15, 0.2) is 0 Å². The third-order valence-electron chi connectivity index (χ3n) is 6.27. The highest BCUT2D eigenvalue weighted by atomic mass is 14.9. The van der Waals surface area contributed by atoms with Crippen molar-refractivity contribution in [2.45, 2.75) is 24.8 Å². The van der Waals surface area contributed by atoms with Crippen molar-refractivity contribution in [3.05, 3.63) is 96.1 Å². The first-order valence-electron chi connectivity index (χ1n) is 9.86. The van der Waals surface area contributed by atoms with Gasteiger partial charge < -0.3 is 5.32 Å². The molecule has 130 valence electrons. The Kier molecular flexibility index (Phi) is 4.10. The van der Waals surface area contributed by atoms with Gasteiger partial charge in [-0.1, -0.05) is 85.0 Å². The second-order valence-corrected chi connectivity index (χ2v) is 7.70. The molecule has 0 spiro atoms. The minimum atomic E-state index is 0.483. The van der Waals surface area contributed by atoms with Crippen LogP contribution in [-0.2, 0) is 0 Å². The van der Waals surface area contributed by atoms with E-state index in [1.165, 1.54) is 34.8 Å². The van der Waals surface area contributed by atoms with Crippen molar-refractivity contribution in [2.75, 3.05) is 6.54 Å². The molecule has 0 bridgehead atoms. The first-order chi connectivity index (χ1) is 12.9. The Bertz CT molecular complexity index is 919. The molecule has 2 aliphatic carbocycles. The van der Waals surface area contributed by atoms with Crippen molar-refractivity contribution >= 4 is 10.8 Å². The Morgan fingerprint density at radius 2 is 1.85 bits per heavy atom. The van der Waals surface area contributed by atoms with Crippen LogP contribution in [0.5, 0.6) is 0 Å². The Labute approximate surface area is 155 Å². The summed E-state index contributed by atoms with van der Waals surface area (Å²) in [5, 5.41) is 6.58. The fraction of sp³-hybridized carbons (Fsp3) is 0.280. The van der Waals surface area contributed by atoms with Gasteiger partial charge in [-0.2, -0.15) is 0 Å². The van der Waals surface area contributed by atoms with Crippen molar-refractivity contribution in [3.8, 4) is 0 Å². The Morgan fingerprint density at radius 3 is 2.77 bits per heavy atom. The monoisotopic (exact) mass is 339 g/mol. The fourth-order valence-corrected chi connectivity index (χ4v) is 5.10. The summed E-state index contributed by atoms with van der Waals surface area (Å²) in [4.78, 5) is 0. The molecule has 1 nitrogen and oxygen atoms in total. The van der Waals surface area contributed by atoms with E-state index < -0.39 is 0 Å². The molecular weight excluding hydrogens is 314 g/mol. The summed E-state index contributed by atoms with van der Waals surface area (Å²) in [6, 6.07) is 16.2. The predicted octanol–water partition coefficient (Wildman–Crippen LogP) is 5.53. The van der Waals surface area contributed by atoms with Gasteiger partial charge in [-0.3, -0.25) is 0 Å². The lowest BCUT2D eigenvalue weighted by Gasteiger charge is -2.38. The highest BCUT2D eigenvalue weighted by molar-refractivity contribution is 5.86. The van der Waals surface area contributed by atoms with Crippen LogP contribution in [0.2, 0.25) is 0 Å². The number of hydrogen-bond donors (Lipinski definition) is 1. The van der Waals surface area contributed by atoms with Crippen LogP contribution in [0.15, 0.2) is 90.6 Å². The lowest BCUT2D eigenvalue weighted by atomic mass is 9.68. The molecular formula is C25H25N. The summed E-state index contributed by atoms with van der Waals surface area (Å²) in [7, 11) is 0. The van der Waals surface area contributed by atoms with E-state index in [0.29, 0.717) is 23.8 Å². The smallest absolute Gasteiger partial charge is 0.0142 e. The van der Waals surface area contributed by atoms with E-state index in [9.17, 15) is 0 Å². The number of nitrogens with one attached hydrogen (secondary N) is 1. The second-order valence-electron chi connectivity index (χ2n) is 7.70. The van der Waals surface area contributed by atoms with Crippen LogP contribution in [0.25, 0.3) is 10.8 Å². The SMILES string of the molecule is C1=CC2=CC=CC(C(c3cccc4ccccc34)C3CCCN3)C2C=C1. The average molecular weight is 339 g/mol. The largest absolute Gasteiger partial charge is 0.313 e. The molecule has 4 atom stereocenters. The first kappa shape index (κ1) is 15.8. The number of allylic oxidation sites excluding steroid dienone is 8. The zero-order valence-electron chi connectivity index (χ0n) is 15.0. The number of benzene rings is 2. The zero-order valence-corrected chi connectivity index (χ0v) is 15.0. The van der Waals surface area contributed by atoms with Crippen LogP contribution in [0.3, 0.4) is 0 Å². The van der Waals surface area contributed by atoms with Gasteiger partial charge in [0.25, 0.3) is 0 Å². The van der Waals surface area contributed by atoms with E-state index in [4.69, 9.17) is 0 Å². The highest BCUT2D eigenvalue weighted by Gasteiger charge is 2.37. The molecule has 1 heteroatoms. The van der Waals surface area contributed by atoms with E-state index in [0.717, 1.165) is 6.54 Å². The van der Waals surface area contributed by atoms with Gasteiger partial charge in [0.05, 0.1) is 0 Å². The Morgan fingerprint density at radius 1 is 0.923 bits per heavy atom. The molecule has 26 heavy (non-hydrogen) atoms.